The molecule has 0 aromatic heterocycles. The molecule has 0 fully saturated rings. The van der Waals surface area contributed by atoms with Gasteiger partial charge < -0.3 is 15.2 Å². The number of ether oxygens (including phenoxy) is 2. The molecule has 0 saturated carbocycles. The highest BCUT2D eigenvalue weighted by molar-refractivity contribution is 5.42. The summed E-state index contributed by atoms with van der Waals surface area (Å²) < 4.78 is 10.5. The number of methoxy groups -OCH3 is 2. The number of hydrogen-bond donors (Lipinski definition) is 1. The van der Waals surface area contributed by atoms with Crippen molar-refractivity contribution in [1.29, 1.82) is 0 Å². The van der Waals surface area contributed by atoms with E-state index in [0.717, 1.165) is 29.9 Å². The molecule has 0 amide bonds. The van der Waals surface area contributed by atoms with E-state index in [1.807, 2.05) is 18.2 Å². The number of rotatable bonds is 6. The first-order chi connectivity index (χ1) is 8.12. The van der Waals surface area contributed by atoms with E-state index in [2.05, 4.69) is 13.8 Å². The number of hydrogen-bond acceptors (Lipinski definition) is 3. The van der Waals surface area contributed by atoms with Gasteiger partial charge in [-0.3, -0.25) is 0 Å². The molecule has 1 aromatic rings. The van der Waals surface area contributed by atoms with Gasteiger partial charge in [0, 0.05) is 17.7 Å². The summed E-state index contributed by atoms with van der Waals surface area (Å²) in [6.07, 6.45) is 2.12. The molecule has 3 nitrogen and oxygen atoms in total. The first-order valence-electron chi connectivity index (χ1n) is 6.09. The Labute approximate surface area is 104 Å². The Morgan fingerprint density at radius 1 is 1.24 bits per heavy atom. The molecule has 96 valence electrons. The highest BCUT2D eigenvalue weighted by atomic mass is 16.5. The van der Waals surface area contributed by atoms with E-state index >= 15 is 0 Å². The summed E-state index contributed by atoms with van der Waals surface area (Å²) in [6.45, 7) is 4.40. The van der Waals surface area contributed by atoms with Crippen LogP contribution in [0.25, 0.3) is 0 Å². The topological polar surface area (TPSA) is 44.5 Å². The molecule has 0 radical (unpaired) electrons. The van der Waals surface area contributed by atoms with Crippen LogP contribution in [0, 0.1) is 5.92 Å². The summed E-state index contributed by atoms with van der Waals surface area (Å²) in [5.74, 6) is 2.22. The minimum absolute atomic E-state index is 0.0193. The van der Waals surface area contributed by atoms with E-state index in [0.29, 0.717) is 5.92 Å². The summed E-state index contributed by atoms with van der Waals surface area (Å²) in [6, 6.07) is 5.82. The molecule has 0 saturated heterocycles. The standard InChI is InChI=1S/C14H23NO2/c1-5-10(2)8-13(15)12-7-6-11(16-3)9-14(12)17-4/h6-7,9-10,13H,5,8,15H2,1-4H3. The number of nitrogens with two attached hydrogens (primary N) is 1. The Hall–Kier alpha value is -1.22. The van der Waals surface area contributed by atoms with E-state index in [9.17, 15) is 0 Å². The van der Waals surface area contributed by atoms with Crippen molar-refractivity contribution in [3.8, 4) is 11.5 Å². The molecule has 2 atom stereocenters. The molecule has 3 heteroatoms. The molecule has 0 aliphatic heterocycles. The minimum atomic E-state index is 0.0193. The lowest BCUT2D eigenvalue weighted by molar-refractivity contribution is 0.382. The molecule has 0 heterocycles. The van der Waals surface area contributed by atoms with Gasteiger partial charge in [-0.1, -0.05) is 26.3 Å². The van der Waals surface area contributed by atoms with Gasteiger partial charge in [0.05, 0.1) is 14.2 Å². The van der Waals surface area contributed by atoms with Gasteiger partial charge in [-0.2, -0.15) is 0 Å². The van der Waals surface area contributed by atoms with Crippen LogP contribution in [0.2, 0.25) is 0 Å². The molecule has 0 aliphatic carbocycles. The first kappa shape index (κ1) is 13.8. The van der Waals surface area contributed by atoms with E-state index in [1.54, 1.807) is 14.2 Å². The predicted octanol–water partition coefficient (Wildman–Crippen LogP) is 3.14. The highest BCUT2D eigenvalue weighted by Gasteiger charge is 2.15. The van der Waals surface area contributed by atoms with Crippen molar-refractivity contribution in [2.45, 2.75) is 32.7 Å². The maximum atomic E-state index is 6.22. The second-order valence-corrected chi connectivity index (χ2v) is 4.46. The Bertz CT molecular complexity index is 352. The molecule has 0 spiro atoms. The second kappa shape index (κ2) is 6.50. The fraction of sp³-hybridized carbons (Fsp3) is 0.571. The van der Waals surface area contributed by atoms with Crippen LogP contribution in [0.1, 0.15) is 38.3 Å². The van der Waals surface area contributed by atoms with Crippen molar-refractivity contribution in [3.63, 3.8) is 0 Å². The van der Waals surface area contributed by atoms with Gasteiger partial charge in [-0.25, -0.2) is 0 Å². The zero-order valence-corrected chi connectivity index (χ0v) is 11.2. The fourth-order valence-corrected chi connectivity index (χ4v) is 1.85. The lowest BCUT2D eigenvalue weighted by atomic mass is 9.94. The minimum Gasteiger partial charge on any atom is -0.497 e. The summed E-state index contributed by atoms with van der Waals surface area (Å²) in [5.41, 5.74) is 7.27. The maximum Gasteiger partial charge on any atom is 0.127 e. The number of benzene rings is 1. The van der Waals surface area contributed by atoms with Crippen molar-refractivity contribution in [3.05, 3.63) is 23.8 Å². The average molecular weight is 237 g/mol. The van der Waals surface area contributed by atoms with E-state index in [-0.39, 0.29) is 6.04 Å². The maximum absolute atomic E-state index is 6.22. The summed E-state index contributed by atoms with van der Waals surface area (Å²) in [4.78, 5) is 0. The zero-order chi connectivity index (χ0) is 12.8. The summed E-state index contributed by atoms with van der Waals surface area (Å²) >= 11 is 0. The van der Waals surface area contributed by atoms with Gasteiger partial charge in [-0.05, 0) is 18.4 Å². The molecule has 1 aromatic carbocycles. The Morgan fingerprint density at radius 2 is 1.94 bits per heavy atom. The van der Waals surface area contributed by atoms with Crippen LogP contribution < -0.4 is 15.2 Å². The highest BCUT2D eigenvalue weighted by Crippen LogP contribution is 2.31. The summed E-state index contributed by atoms with van der Waals surface area (Å²) in [5, 5.41) is 0. The normalized spacial score (nSPS) is 14.2. The molecular formula is C14H23NO2. The first-order valence-corrected chi connectivity index (χ1v) is 6.09. The van der Waals surface area contributed by atoms with Gasteiger partial charge >= 0.3 is 0 Å². The molecule has 0 bridgehead atoms. The fourth-order valence-electron chi connectivity index (χ4n) is 1.85. The summed E-state index contributed by atoms with van der Waals surface area (Å²) in [7, 11) is 3.31. The third-order valence-electron chi connectivity index (χ3n) is 3.19. The van der Waals surface area contributed by atoms with Crippen LogP contribution in [-0.4, -0.2) is 14.2 Å². The third-order valence-corrected chi connectivity index (χ3v) is 3.19. The van der Waals surface area contributed by atoms with E-state index in [4.69, 9.17) is 15.2 Å². The van der Waals surface area contributed by atoms with Crippen molar-refractivity contribution >= 4 is 0 Å². The largest absolute Gasteiger partial charge is 0.497 e. The van der Waals surface area contributed by atoms with Crippen LogP contribution in [0.4, 0.5) is 0 Å². The van der Waals surface area contributed by atoms with Crippen molar-refractivity contribution in [1.82, 2.24) is 0 Å². The average Bonchev–Trinajstić information content (AvgIpc) is 2.37. The third kappa shape index (κ3) is 3.63. The zero-order valence-electron chi connectivity index (χ0n) is 11.2. The van der Waals surface area contributed by atoms with Crippen LogP contribution in [0.3, 0.4) is 0 Å². The van der Waals surface area contributed by atoms with Crippen LogP contribution >= 0.6 is 0 Å². The second-order valence-electron chi connectivity index (χ2n) is 4.46. The lowest BCUT2D eigenvalue weighted by Crippen LogP contribution is -2.14. The van der Waals surface area contributed by atoms with Crippen molar-refractivity contribution in [2.75, 3.05) is 14.2 Å². The van der Waals surface area contributed by atoms with Gasteiger partial charge in [0.15, 0.2) is 0 Å². The quantitative estimate of drug-likeness (QED) is 0.826. The van der Waals surface area contributed by atoms with Gasteiger partial charge in [0.1, 0.15) is 11.5 Å². The van der Waals surface area contributed by atoms with Crippen LogP contribution in [0.15, 0.2) is 18.2 Å². The molecular weight excluding hydrogens is 214 g/mol. The molecule has 17 heavy (non-hydrogen) atoms. The van der Waals surface area contributed by atoms with Crippen molar-refractivity contribution < 1.29 is 9.47 Å². The van der Waals surface area contributed by atoms with Crippen LogP contribution in [-0.2, 0) is 0 Å². The monoisotopic (exact) mass is 237 g/mol. The van der Waals surface area contributed by atoms with Gasteiger partial charge in [0.25, 0.3) is 0 Å². The smallest absolute Gasteiger partial charge is 0.127 e. The van der Waals surface area contributed by atoms with Gasteiger partial charge in [0.2, 0.25) is 0 Å². The Morgan fingerprint density at radius 3 is 2.47 bits per heavy atom. The molecule has 0 aliphatic rings. The lowest BCUT2D eigenvalue weighted by Gasteiger charge is -2.19. The van der Waals surface area contributed by atoms with Crippen LogP contribution in [0.5, 0.6) is 11.5 Å². The molecule has 2 unspecified atom stereocenters. The van der Waals surface area contributed by atoms with E-state index < -0.39 is 0 Å². The molecule has 2 N–H and O–H groups in total. The Balaban J connectivity index is 2.88. The Kier molecular flexibility index (Phi) is 5.29. The molecule has 1 rings (SSSR count). The van der Waals surface area contributed by atoms with Crippen molar-refractivity contribution in [2.24, 2.45) is 11.7 Å². The SMILES string of the molecule is CCC(C)CC(N)c1ccc(OC)cc1OC. The predicted molar refractivity (Wildman–Crippen MR) is 70.5 cm³/mol. The van der Waals surface area contributed by atoms with Gasteiger partial charge in [-0.15, -0.1) is 0 Å². The van der Waals surface area contributed by atoms with E-state index in [1.165, 1.54) is 0 Å².